The van der Waals surface area contributed by atoms with Crippen LogP contribution in [0.1, 0.15) is 16.1 Å². The third-order valence-electron chi connectivity index (χ3n) is 3.86. The third kappa shape index (κ3) is 2.46. The highest BCUT2D eigenvalue weighted by molar-refractivity contribution is 5.95. The van der Waals surface area contributed by atoms with Gasteiger partial charge in [0.15, 0.2) is 0 Å². The predicted octanol–water partition coefficient (Wildman–Crippen LogP) is -0.0584. The van der Waals surface area contributed by atoms with Crippen LogP contribution in [0.4, 0.5) is 0 Å². The minimum absolute atomic E-state index is 0.0534. The number of piperazine rings is 1. The van der Waals surface area contributed by atoms with Crippen LogP contribution in [0.5, 0.6) is 0 Å². The lowest BCUT2D eigenvalue weighted by Gasteiger charge is -2.43. The van der Waals surface area contributed by atoms with E-state index in [0.29, 0.717) is 17.3 Å². The topological polar surface area (TPSA) is 58.6 Å². The monoisotopic (exact) mass is 262 g/mol. The molecule has 0 bridgehead atoms. The molecule has 0 saturated carbocycles. The quantitative estimate of drug-likeness (QED) is 0.710. The Morgan fingerprint density at radius 2 is 2.32 bits per heavy atom. The molecule has 1 aromatic rings. The number of aryl methyl sites for hydroxylation is 1. The van der Waals surface area contributed by atoms with Crippen molar-refractivity contribution in [2.45, 2.75) is 13.0 Å². The number of ether oxygens (including phenoxy) is 1. The first-order chi connectivity index (χ1) is 9.25. The summed E-state index contributed by atoms with van der Waals surface area (Å²) in [6.45, 7) is 6.76. The van der Waals surface area contributed by atoms with Gasteiger partial charge >= 0.3 is 0 Å². The van der Waals surface area contributed by atoms with Crippen LogP contribution in [-0.4, -0.2) is 71.3 Å². The van der Waals surface area contributed by atoms with Crippen molar-refractivity contribution in [3.05, 3.63) is 23.5 Å². The highest BCUT2D eigenvalue weighted by Crippen LogP contribution is 2.16. The minimum Gasteiger partial charge on any atom is -0.378 e. The maximum atomic E-state index is 12.5. The third-order valence-corrected chi connectivity index (χ3v) is 3.86. The fourth-order valence-electron chi connectivity index (χ4n) is 2.73. The Hall–Kier alpha value is -1.53. The van der Waals surface area contributed by atoms with Crippen LogP contribution in [0.2, 0.25) is 0 Å². The Labute approximate surface area is 112 Å². The van der Waals surface area contributed by atoms with Crippen LogP contribution in [0.25, 0.3) is 0 Å². The molecule has 6 heteroatoms. The first kappa shape index (κ1) is 12.5. The van der Waals surface area contributed by atoms with Gasteiger partial charge in [-0.2, -0.15) is 10.2 Å². The minimum atomic E-state index is 0.0534. The number of nitrogens with zero attached hydrogens (tertiary/aromatic N) is 4. The number of fused-ring (bicyclic) bond motifs is 1. The zero-order valence-corrected chi connectivity index (χ0v) is 11.1. The van der Waals surface area contributed by atoms with Crippen LogP contribution < -0.4 is 0 Å². The predicted molar refractivity (Wildman–Crippen MR) is 68.9 cm³/mol. The number of hydrogen-bond donors (Lipinski definition) is 0. The largest absolute Gasteiger partial charge is 0.378 e. The molecule has 1 unspecified atom stereocenters. The number of carbonyl (C=O) groups is 1. The van der Waals surface area contributed by atoms with Crippen molar-refractivity contribution in [3.8, 4) is 0 Å². The zero-order chi connectivity index (χ0) is 13.2. The van der Waals surface area contributed by atoms with Crippen molar-refractivity contribution in [1.82, 2.24) is 20.0 Å². The van der Waals surface area contributed by atoms with Gasteiger partial charge in [0, 0.05) is 26.2 Å². The summed E-state index contributed by atoms with van der Waals surface area (Å²) in [5.41, 5.74) is 1.34. The molecule has 19 heavy (non-hydrogen) atoms. The summed E-state index contributed by atoms with van der Waals surface area (Å²) in [6, 6.07) is 2.08. The standard InChI is InChI=1S/C13H18N4O2/c1-10-12(2-3-14-15-10)13(18)17-5-4-16-6-7-19-9-11(16)8-17/h2-3,11H,4-9H2,1H3. The molecule has 0 N–H and O–H groups in total. The molecule has 2 saturated heterocycles. The van der Waals surface area contributed by atoms with E-state index in [-0.39, 0.29) is 5.91 Å². The molecule has 3 rings (SSSR count). The van der Waals surface area contributed by atoms with Gasteiger partial charge in [0.2, 0.25) is 0 Å². The lowest BCUT2D eigenvalue weighted by Crippen LogP contribution is -2.59. The van der Waals surface area contributed by atoms with E-state index >= 15 is 0 Å². The van der Waals surface area contributed by atoms with Gasteiger partial charge in [-0.3, -0.25) is 9.69 Å². The van der Waals surface area contributed by atoms with Gasteiger partial charge in [-0.1, -0.05) is 0 Å². The van der Waals surface area contributed by atoms with Crippen molar-refractivity contribution in [1.29, 1.82) is 0 Å². The number of morpholine rings is 1. The molecule has 0 aliphatic carbocycles. The molecule has 0 spiro atoms. The Morgan fingerprint density at radius 1 is 1.42 bits per heavy atom. The summed E-state index contributed by atoms with van der Waals surface area (Å²) >= 11 is 0. The lowest BCUT2D eigenvalue weighted by molar-refractivity contribution is -0.0395. The number of rotatable bonds is 1. The Bertz CT molecular complexity index is 479. The van der Waals surface area contributed by atoms with Crippen LogP contribution in [0.15, 0.2) is 12.3 Å². The fraction of sp³-hybridized carbons (Fsp3) is 0.615. The summed E-state index contributed by atoms with van der Waals surface area (Å²) < 4.78 is 5.49. The lowest BCUT2D eigenvalue weighted by atomic mass is 10.1. The molecule has 1 aromatic heterocycles. The maximum Gasteiger partial charge on any atom is 0.255 e. The van der Waals surface area contributed by atoms with Crippen LogP contribution >= 0.6 is 0 Å². The normalized spacial score (nSPS) is 24.1. The van der Waals surface area contributed by atoms with E-state index in [9.17, 15) is 4.79 Å². The molecular weight excluding hydrogens is 244 g/mol. The van der Waals surface area contributed by atoms with E-state index in [1.54, 1.807) is 12.3 Å². The van der Waals surface area contributed by atoms with E-state index in [2.05, 4.69) is 15.1 Å². The Balaban J connectivity index is 1.73. The molecule has 1 atom stereocenters. The Morgan fingerprint density at radius 3 is 3.16 bits per heavy atom. The maximum absolute atomic E-state index is 12.5. The molecule has 6 nitrogen and oxygen atoms in total. The van der Waals surface area contributed by atoms with Gasteiger partial charge in [-0.05, 0) is 13.0 Å². The van der Waals surface area contributed by atoms with Crippen LogP contribution in [0.3, 0.4) is 0 Å². The van der Waals surface area contributed by atoms with Crippen molar-refractivity contribution >= 4 is 5.91 Å². The average Bonchev–Trinajstić information content (AvgIpc) is 2.46. The number of aromatic nitrogens is 2. The molecule has 2 aliphatic rings. The van der Waals surface area contributed by atoms with E-state index in [0.717, 1.165) is 39.4 Å². The van der Waals surface area contributed by atoms with Crippen molar-refractivity contribution in [3.63, 3.8) is 0 Å². The van der Waals surface area contributed by atoms with Gasteiger partial charge in [0.1, 0.15) is 0 Å². The summed E-state index contributed by atoms with van der Waals surface area (Å²) in [6.07, 6.45) is 1.57. The Kier molecular flexibility index (Phi) is 3.44. The van der Waals surface area contributed by atoms with Crippen LogP contribution in [-0.2, 0) is 4.74 Å². The summed E-state index contributed by atoms with van der Waals surface area (Å²) in [5.74, 6) is 0.0534. The van der Waals surface area contributed by atoms with Gasteiger partial charge in [0.25, 0.3) is 5.91 Å². The molecule has 1 amide bonds. The van der Waals surface area contributed by atoms with Crippen LogP contribution in [0, 0.1) is 6.92 Å². The van der Waals surface area contributed by atoms with Crippen molar-refractivity contribution < 1.29 is 9.53 Å². The van der Waals surface area contributed by atoms with Gasteiger partial charge in [-0.25, -0.2) is 0 Å². The SMILES string of the molecule is Cc1nnccc1C(=O)N1CCN2CCOCC2C1. The van der Waals surface area contributed by atoms with E-state index in [1.165, 1.54) is 0 Å². The van der Waals surface area contributed by atoms with E-state index in [4.69, 9.17) is 4.74 Å². The molecule has 0 radical (unpaired) electrons. The van der Waals surface area contributed by atoms with Gasteiger partial charge in [-0.15, -0.1) is 0 Å². The summed E-state index contributed by atoms with van der Waals surface area (Å²) in [4.78, 5) is 16.8. The van der Waals surface area contributed by atoms with Crippen molar-refractivity contribution in [2.75, 3.05) is 39.4 Å². The average molecular weight is 262 g/mol. The van der Waals surface area contributed by atoms with Gasteiger partial charge < -0.3 is 9.64 Å². The zero-order valence-electron chi connectivity index (χ0n) is 11.1. The summed E-state index contributed by atoms with van der Waals surface area (Å²) in [5, 5.41) is 7.73. The fourth-order valence-corrected chi connectivity index (χ4v) is 2.73. The second-order valence-electron chi connectivity index (χ2n) is 5.05. The van der Waals surface area contributed by atoms with Crippen molar-refractivity contribution in [2.24, 2.45) is 0 Å². The highest BCUT2D eigenvalue weighted by Gasteiger charge is 2.32. The molecule has 102 valence electrons. The second kappa shape index (κ2) is 5.22. The first-order valence-electron chi connectivity index (χ1n) is 6.65. The highest BCUT2D eigenvalue weighted by atomic mass is 16.5. The summed E-state index contributed by atoms with van der Waals surface area (Å²) in [7, 11) is 0. The number of amides is 1. The molecule has 0 aromatic carbocycles. The molecule has 2 aliphatic heterocycles. The van der Waals surface area contributed by atoms with E-state index < -0.39 is 0 Å². The smallest absolute Gasteiger partial charge is 0.255 e. The first-order valence-corrected chi connectivity index (χ1v) is 6.65. The number of hydrogen-bond acceptors (Lipinski definition) is 5. The molecule has 2 fully saturated rings. The van der Waals surface area contributed by atoms with Gasteiger partial charge in [0.05, 0.1) is 36.7 Å². The molecular formula is C13H18N4O2. The van der Waals surface area contributed by atoms with E-state index in [1.807, 2.05) is 11.8 Å². The second-order valence-corrected chi connectivity index (χ2v) is 5.05. The molecule has 3 heterocycles. The number of carbonyl (C=O) groups excluding carboxylic acids is 1.